The first-order valence-electron chi connectivity index (χ1n) is 16.8. The van der Waals surface area contributed by atoms with Gasteiger partial charge in [0.05, 0.1) is 24.0 Å². The molecule has 1 aliphatic carbocycles. The summed E-state index contributed by atoms with van der Waals surface area (Å²) in [6, 6.07) is 13.7. The highest BCUT2D eigenvalue weighted by Gasteiger charge is 2.32. The maximum Gasteiger partial charge on any atom is 0.224 e. The van der Waals surface area contributed by atoms with Crippen LogP contribution in [0.1, 0.15) is 71.3 Å². The van der Waals surface area contributed by atoms with Crippen LogP contribution in [0.2, 0.25) is 0 Å². The number of amides is 2. The first-order valence-corrected chi connectivity index (χ1v) is 18.3. The van der Waals surface area contributed by atoms with E-state index in [1.54, 1.807) is 6.92 Å². The molecule has 2 amide bonds. The summed E-state index contributed by atoms with van der Waals surface area (Å²) in [5, 5.41) is 30.0. The summed E-state index contributed by atoms with van der Waals surface area (Å²) in [5.74, 6) is -0.162. The van der Waals surface area contributed by atoms with Gasteiger partial charge in [-0.05, 0) is 61.5 Å². The first-order chi connectivity index (χ1) is 21.4. The van der Waals surface area contributed by atoms with E-state index in [1.165, 1.54) is 6.42 Å². The Balaban J connectivity index is 1.65. The number of nitrogens with zero attached hydrogens (tertiary/aromatic N) is 1. The van der Waals surface area contributed by atoms with E-state index in [1.807, 2.05) is 63.2 Å². The number of hydrogen-bond acceptors (Lipinski definition) is 6. The van der Waals surface area contributed by atoms with Gasteiger partial charge in [-0.15, -0.1) is 0 Å². The lowest BCUT2D eigenvalue weighted by Gasteiger charge is -2.33. The zero-order valence-electron chi connectivity index (χ0n) is 28.0. The molecule has 0 spiro atoms. The number of aliphatic hydroxyl groups excluding tert-OH is 2. The average Bonchev–Trinajstić information content (AvgIpc) is 3.01. The van der Waals surface area contributed by atoms with Crippen molar-refractivity contribution in [1.82, 2.24) is 15.5 Å². The van der Waals surface area contributed by atoms with Crippen molar-refractivity contribution in [2.45, 2.75) is 90.4 Å². The van der Waals surface area contributed by atoms with Crippen molar-refractivity contribution in [3.8, 4) is 0 Å². The Morgan fingerprint density at radius 1 is 0.978 bits per heavy atom. The van der Waals surface area contributed by atoms with Gasteiger partial charge in [0.2, 0.25) is 11.8 Å². The van der Waals surface area contributed by atoms with Crippen molar-refractivity contribution in [1.29, 1.82) is 0 Å². The molecule has 1 saturated carbocycles. The quantitative estimate of drug-likeness (QED) is 0.193. The smallest absolute Gasteiger partial charge is 0.224 e. The molecule has 4 N–H and O–H groups in total. The van der Waals surface area contributed by atoms with Crippen molar-refractivity contribution < 1.29 is 24.0 Å². The Hall–Kier alpha value is -2.33. The van der Waals surface area contributed by atoms with E-state index in [2.05, 4.69) is 22.8 Å². The average molecular weight is 644 g/mol. The Kier molecular flexibility index (Phi) is 15.5. The third-order valence-electron chi connectivity index (χ3n) is 9.01. The van der Waals surface area contributed by atoms with Crippen molar-refractivity contribution in [3.63, 3.8) is 0 Å². The van der Waals surface area contributed by atoms with E-state index in [-0.39, 0.29) is 30.0 Å². The van der Waals surface area contributed by atoms with E-state index in [0.29, 0.717) is 37.5 Å². The minimum atomic E-state index is -1.17. The monoisotopic (exact) mass is 643 g/mol. The van der Waals surface area contributed by atoms with E-state index >= 15 is 0 Å². The lowest BCUT2D eigenvalue weighted by atomic mass is 9.82. The lowest BCUT2D eigenvalue weighted by molar-refractivity contribution is -0.128. The molecule has 1 fully saturated rings. The maximum atomic E-state index is 13.5. The summed E-state index contributed by atoms with van der Waals surface area (Å²) in [4.78, 5) is 28.9. The molecule has 6 atom stereocenters. The summed E-state index contributed by atoms with van der Waals surface area (Å²) in [7, 11) is 2.70. The van der Waals surface area contributed by atoms with Gasteiger partial charge in [-0.1, -0.05) is 95.3 Å². The summed E-state index contributed by atoms with van der Waals surface area (Å²) in [6.45, 7) is 6.57. The summed E-state index contributed by atoms with van der Waals surface area (Å²) < 4.78 is 13.0. The second-order valence-electron chi connectivity index (χ2n) is 13.9. The molecule has 3 rings (SSSR count). The highest BCUT2D eigenvalue weighted by Crippen LogP contribution is 2.29. The van der Waals surface area contributed by atoms with Crippen molar-refractivity contribution >= 4 is 33.4 Å². The van der Waals surface area contributed by atoms with Crippen molar-refractivity contribution in [2.24, 2.45) is 23.7 Å². The molecule has 0 saturated heterocycles. The maximum absolute atomic E-state index is 13.5. The minimum Gasteiger partial charge on any atom is -0.390 e. The van der Waals surface area contributed by atoms with Gasteiger partial charge in [-0.2, -0.15) is 0 Å². The number of hydrogen-bond donors (Lipinski definition) is 4. The number of carbonyl (C=O) groups is 2. The van der Waals surface area contributed by atoms with Crippen molar-refractivity contribution in [3.05, 3.63) is 48.0 Å². The Morgan fingerprint density at radius 2 is 1.67 bits per heavy atom. The molecule has 9 heteroatoms. The normalized spacial score (nSPS) is 18.3. The minimum absolute atomic E-state index is 0.129. The second kappa shape index (κ2) is 18.7. The van der Waals surface area contributed by atoms with Crippen LogP contribution in [0, 0.1) is 23.7 Å². The van der Waals surface area contributed by atoms with Gasteiger partial charge in [0.1, 0.15) is 6.10 Å². The fourth-order valence-electron chi connectivity index (χ4n) is 6.24. The number of benzene rings is 2. The molecule has 0 heterocycles. The Labute approximate surface area is 273 Å². The largest absolute Gasteiger partial charge is 0.390 e. The predicted octanol–water partition coefficient (Wildman–Crippen LogP) is 4.28. The summed E-state index contributed by atoms with van der Waals surface area (Å²) >= 11 is 0. The van der Waals surface area contributed by atoms with Crippen molar-refractivity contribution in [2.75, 3.05) is 38.7 Å². The molecule has 252 valence electrons. The summed E-state index contributed by atoms with van der Waals surface area (Å²) in [6.07, 6.45) is 5.23. The van der Waals surface area contributed by atoms with Crippen LogP contribution >= 0.6 is 0 Å². The van der Waals surface area contributed by atoms with Crippen LogP contribution in [-0.2, 0) is 26.8 Å². The molecule has 0 aromatic heterocycles. The van der Waals surface area contributed by atoms with Gasteiger partial charge in [0.15, 0.2) is 0 Å². The molecular formula is C36H57N3O5S. The zero-order valence-corrected chi connectivity index (χ0v) is 28.9. The van der Waals surface area contributed by atoms with E-state index in [0.717, 1.165) is 42.0 Å². The lowest BCUT2D eigenvalue weighted by Crippen LogP contribution is -2.52. The van der Waals surface area contributed by atoms with Gasteiger partial charge in [0.25, 0.3) is 0 Å². The molecule has 1 aliphatic rings. The topological polar surface area (TPSA) is 119 Å². The molecule has 0 aliphatic heterocycles. The molecule has 0 radical (unpaired) electrons. The van der Waals surface area contributed by atoms with Gasteiger partial charge < -0.3 is 25.7 Å². The highest BCUT2D eigenvalue weighted by molar-refractivity contribution is 7.85. The number of nitrogens with one attached hydrogen (secondary N) is 2. The molecule has 2 aromatic rings. The fraction of sp³-hybridized carbons (Fsp3) is 0.667. The van der Waals surface area contributed by atoms with Gasteiger partial charge in [0, 0.05) is 35.4 Å². The van der Waals surface area contributed by atoms with Gasteiger partial charge >= 0.3 is 0 Å². The van der Waals surface area contributed by atoms with Crippen LogP contribution in [0.5, 0.6) is 0 Å². The predicted molar refractivity (Wildman–Crippen MR) is 184 cm³/mol. The number of aliphatic hydroxyl groups is 2. The molecule has 8 nitrogen and oxygen atoms in total. The molecule has 2 aromatic carbocycles. The number of fused-ring (bicyclic) bond motifs is 1. The zero-order chi connectivity index (χ0) is 32.9. The van der Waals surface area contributed by atoms with Gasteiger partial charge in [-0.25, -0.2) is 0 Å². The van der Waals surface area contributed by atoms with Gasteiger partial charge in [-0.3, -0.25) is 13.8 Å². The van der Waals surface area contributed by atoms with E-state index in [4.69, 9.17) is 0 Å². The molecule has 1 unspecified atom stereocenters. The fourth-order valence-corrected chi connectivity index (χ4v) is 7.70. The van der Waals surface area contributed by atoms with Crippen LogP contribution in [0.15, 0.2) is 42.5 Å². The third-order valence-corrected chi connectivity index (χ3v) is 10.4. The second-order valence-corrected chi connectivity index (χ2v) is 15.5. The first kappa shape index (κ1) is 37.1. The van der Waals surface area contributed by atoms with E-state index in [9.17, 15) is 24.0 Å². The SMILES string of the molecule is CC(C)C[C@H](O)[C@H](O)[C@H](CC1CCCCC1)NC(=O)[C@H](C)CNC(=O)[C@H](Cc1ccc2ccccc2c1)CS(=O)CCN(C)C. The summed E-state index contributed by atoms with van der Waals surface area (Å²) in [5.41, 5.74) is 1.00. The molecular weight excluding hydrogens is 586 g/mol. The molecule has 0 bridgehead atoms. The third kappa shape index (κ3) is 12.8. The molecule has 45 heavy (non-hydrogen) atoms. The Morgan fingerprint density at radius 3 is 2.33 bits per heavy atom. The van der Waals surface area contributed by atoms with Crippen LogP contribution < -0.4 is 10.6 Å². The van der Waals surface area contributed by atoms with Crippen LogP contribution in [0.3, 0.4) is 0 Å². The standard InChI is InChI=1S/C36H57N3O5S/c1-25(2)19-33(40)34(41)32(22-27-11-7-6-8-12-27)38-35(42)26(3)23-37-36(43)31(24-45(44)18-17-39(4)5)21-28-15-16-29-13-9-10-14-30(29)20-28/h9-10,13-16,20,25-27,31-34,40-41H,6-8,11-12,17-19,21-24H2,1-5H3,(H,37,43)(H,38,42)/t26-,31-,32+,33+,34-,45?/m1/s1. The highest BCUT2D eigenvalue weighted by atomic mass is 32.2. The van der Waals surface area contributed by atoms with E-state index < -0.39 is 40.9 Å². The van der Waals surface area contributed by atoms with Crippen LogP contribution in [0.4, 0.5) is 0 Å². The number of rotatable bonds is 18. The number of carbonyl (C=O) groups excluding carboxylic acids is 2. The van der Waals surface area contributed by atoms with Crippen LogP contribution in [0.25, 0.3) is 10.8 Å². The Bertz CT molecular complexity index is 1230. The van der Waals surface area contributed by atoms with Crippen LogP contribution in [-0.4, -0.2) is 88.1 Å².